The SMILES string of the molecule is CC1(O)CCCN(c2snc3ccccc23)C1. The quantitative estimate of drug-likeness (QED) is 0.843. The number of aliphatic hydroxyl groups is 1. The number of aromatic nitrogens is 1. The normalized spacial score (nSPS) is 25.4. The summed E-state index contributed by atoms with van der Waals surface area (Å²) in [6.07, 6.45) is 1.93. The lowest BCUT2D eigenvalue weighted by Gasteiger charge is -2.37. The second-order valence-electron chi connectivity index (χ2n) is 5.03. The first kappa shape index (κ1) is 11.0. The molecule has 0 amide bonds. The minimum absolute atomic E-state index is 0.566. The molecule has 90 valence electrons. The Morgan fingerprint density at radius 1 is 1.41 bits per heavy atom. The van der Waals surface area contributed by atoms with Gasteiger partial charge in [-0.25, -0.2) is 0 Å². The first-order valence-corrected chi connectivity index (χ1v) is 6.75. The van der Waals surface area contributed by atoms with Gasteiger partial charge in [-0.1, -0.05) is 12.1 Å². The Labute approximate surface area is 105 Å². The number of β-amino-alcohol motifs (C(OH)–C–C–N with tert-alkyl or cyclic N) is 1. The predicted molar refractivity (Wildman–Crippen MR) is 71.7 cm³/mol. The van der Waals surface area contributed by atoms with E-state index in [1.165, 1.54) is 21.9 Å². The van der Waals surface area contributed by atoms with Crippen LogP contribution in [0, 0.1) is 0 Å². The van der Waals surface area contributed by atoms with E-state index >= 15 is 0 Å². The zero-order chi connectivity index (χ0) is 11.9. The van der Waals surface area contributed by atoms with Gasteiger partial charge >= 0.3 is 0 Å². The Balaban J connectivity index is 1.98. The molecule has 0 bridgehead atoms. The van der Waals surface area contributed by atoms with E-state index in [4.69, 9.17) is 0 Å². The highest BCUT2D eigenvalue weighted by molar-refractivity contribution is 7.11. The topological polar surface area (TPSA) is 36.4 Å². The molecule has 0 spiro atoms. The number of nitrogens with zero attached hydrogens (tertiary/aromatic N) is 2. The largest absolute Gasteiger partial charge is 0.388 e. The molecule has 0 saturated carbocycles. The number of anilines is 1. The highest BCUT2D eigenvalue weighted by Gasteiger charge is 2.29. The Morgan fingerprint density at radius 3 is 3.06 bits per heavy atom. The van der Waals surface area contributed by atoms with Crippen molar-refractivity contribution in [3.05, 3.63) is 24.3 Å². The molecule has 2 heterocycles. The van der Waals surface area contributed by atoms with Gasteiger partial charge in [-0.3, -0.25) is 0 Å². The number of piperidine rings is 1. The lowest BCUT2D eigenvalue weighted by Crippen LogP contribution is -2.45. The summed E-state index contributed by atoms with van der Waals surface area (Å²) in [7, 11) is 0. The molecule has 0 aliphatic carbocycles. The summed E-state index contributed by atoms with van der Waals surface area (Å²) in [6.45, 7) is 3.64. The van der Waals surface area contributed by atoms with Crippen LogP contribution in [0.25, 0.3) is 10.9 Å². The smallest absolute Gasteiger partial charge is 0.120 e. The molecule has 0 radical (unpaired) electrons. The van der Waals surface area contributed by atoms with Crippen molar-refractivity contribution in [2.45, 2.75) is 25.4 Å². The standard InChI is InChI=1S/C13H16N2OS/c1-13(16)7-4-8-15(9-13)12-10-5-2-3-6-11(10)14-17-12/h2-3,5-6,16H,4,7-9H2,1H3. The third-order valence-electron chi connectivity index (χ3n) is 3.33. The van der Waals surface area contributed by atoms with Crippen molar-refractivity contribution in [2.24, 2.45) is 0 Å². The highest BCUT2D eigenvalue weighted by atomic mass is 32.1. The zero-order valence-electron chi connectivity index (χ0n) is 9.89. The van der Waals surface area contributed by atoms with Gasteiger partial charge in [-0.15, -0.1) is 0 Å². The third-order valence-corrected chi connectivity index (χ3v) is 4.27. The summed E-state index contributed by atoms with van der Waals surface area (Å²) >= 11 is 1.53. The average Bonchev–Trinajstić information content (AvgIpc) is 2.71. The number of hydrogen-bond acceptors (Lipinski definition) is 4. The van der Waals surface area contributed by atoms with E-state index in [1.807, 2.05) is 25.1 Å². The summed E-state index contributed by atoms with van der Waals surface area (Å²) in [5.74, 6) is 0. The molecule has 2 aromatic rings. The maximum Gasteiger partial charge on any atom is 0.120 e. The molecule has 1 aromatic carbocycles. The van der Waals surface area contributed by atoms with Gasteiger partial charge in [0.25, 0.3) is 0 Å². The summed E-state index contributed by atoms with van der Waals surface area (Å²) < 4.78 is 4.46. The number of fused-ring (bicyclic) bond motifs is 1. The van der Waals surface area contributed by atoms with Gasteiger partial charge in [0.15, 0.2) is 0 Å². The van der Waals surface area contributed by atoms with Crippen LogP contribution in [0.3, 0.4) is 0 Å². The molecule has 1 N–H and O–H groups in total. The van der Waals surface area contributed by atoms with E-state index in [0.29, 0.717) is 6.54 Å². The Bertz CT molecular complexity index is 535. The lowest BCUT2D eigenvalue weighted by atomic mass is 9.95. The van der Waals surface area contributed by atoms with Crippen LogP contribution >= 0.6 is 11.5 Å². The van der Waals surface area contributed by atoms with Crippen LogP contribution in [0.4, 0.5) is 5.00 Å². The van der Waals surface area contributed by atoms with Gasteiger partial charge < -0.3 is 10.0 Å². The van der Waals surface area contributed by atoms with Crippen molar-refractivity contribution in [3.63, 3.8) is 0 Å². The molecular formula is C13H16N2OS. The van der Waals surface area contributed by atoms with Crippen molar-refractivity contribution in [2.75, 3.05) is 18.0 Å². The molecule has 1 aliphatic rings. The van der Waals surface area contributed by atoms with E-state index in [2.05, 4.69) is 15.3 Å². The van der Waals surface area contributed by atoms with Crippen molar-refractivity contribution in [1.82, 2.24) is 4.37 Å². The van der Waals surface area contributed by atoms with Crippen LogP contribution in [0.2, 0.25) is 0 Å². The monoisotopic (exact) mass is 248 g/mol. The zero-order valence-corrected chi connectivity index (χ0v) is 10.7. The molecule has 1 fully saturated rings. The fourth-order valence-corrected chi connectivity index (χ4v) is 3.38. The van der Waals surface area contributed by atoms with Gasteiger partial charge in [0.2, 0.25) is 0 Å². The van der Waals surface area contributed by atoms with Gasteiger partial charge in [-0.05, 0) is 43.4 Å². The molecule has 17 heavy (non-hydrogen) atoms. The lowest BCUT2D eigenvalue weighted by molar-refractivity contribution is 0.0452. The number of hydrogen-bond donors (Lipinski definition) is 1. The molecule has 1 saturated heterocycles. The summed E-state index contributed by atoms with van der Waals surface area (Å²) in [5, 5.41) is 12.6. The Hall–Kier alpha value is -1.13. The Kier molecular flexibility index (Phi) is 2.56. The summed E-state index contributed by atoms with van der Waals surface area (Å²) in [4.78, 5) is 2.27. The molecule has 3 nitrogen and oxygen atoms in total. The van der Waals surface area contributed by atoms with E-state index in [0.717, 1.165) is 24.9 Å². The van der Waals surface area contributed by atoms with Gasteiger partial charge in [0, 0.05) is 18.5 Å². The third kappa shape index (κ3) is 2.03. The average molecular weight is 248 g/mol. The Morgan fingerprint density at radius 2 is 2.24 bits per heavy atom. The molecule has 4 heteroatoms. The first-order chi connectivity index (χ1) is 8.16. The van der Waals surface area contributed by atoms with Crippen molar-refractivity contribution in [1.29, 1.82) is 0 Å². The van der Waals surface area contributed by atoms with E-state index in [1.54, 1.807) is 0 Å². The first-order valence-electron chi connectivity index (χ1n) is 5.97. The van der Waals surface area contributed by atoms with Gasteiger partial charge in [-0.2, -0.15) is 4.37 Å². The van der Waals surface area contributed by atoms with Crippen LogP contribution in [0.5, 0.6) is 0 Å². The fraction of sp³-hybridized carbons (Fsp3) is 0.462. The van der Waals surface area contributed by atoms with Crippen LogP contribution in [0.1, 0.15) is 19.8 Å². The molecule has 3 rings (SSSR count). The van der Waals surface area contributed by atoms with Gasteiger partial charge in [0.05, 0.1) is 11.1 Å². The minimum atomic E-state index is -0.566. The second kappa shape index (κ2) is 3.96. The minimum Gasteiger partial charge on any atom is -0.388 e. The van der Waals surface area contributed by atoms with Crippen molar-refractivity contribution < 1.29 is 5.11 Å². The van der Waals surface area contributed by atoms with Crippen LogP contribution in [-0.4, -0.2) is 28.2 Å². The van der Waals surface area contributed by atoms with E-state index in [9.17, 15) is 5.11 Å². The van der Waals surface area contributed by atoms with Crippen molar-refractivity contribution >= 4 is 27.4 Å². The van der Waals surface area contributed by atoms with E-state index < -0.39 is 5.60 Å². The molecular weight excluding hydrogens is 232 g/mol. The summed E-state index contributed by atoms with van der Waals surface area (Å²) in [5.41, 5.74) is 0.487. The molecule has 1 atom stereocenters. The second-order valence-corrected chi connectivity index (χ2v) is 5.78. The van der Waals surface area contributed by atoms with E-state index in [-0.39, 0.29) is 0 Å². The predicted octanol–water partition coefficient (Wildman–Crippen LogP) is 2.65. The van der Waals surface area contributed by atoms with Crippen LogP contribution < -0.4 is 4.90 Å². The van der Waals surface area contributed by atoms with Crippen LogP contribution in [0.15, 0.2) is 24.3 Å². The number of rotatable bonds is 1. The summed E-state index contributed by atoms with van der Waals surface area (Å²) in [6, 6.07) is 8.20. The maximum atomic E-state index is 10.2. The highest BCUT2D eigenvalue weighted by Crippen LogP contribution is 2.34. The van der Waals surface area contributed by atoms with Crippen molar-refractivity contribution in [3.8, 4) is 0 Å². The molecule has 1 aliphatic heterocycles. The maximum absolute atomic E-state index is 10.2. The molecule has 1 unspecified atom stereocenters. The number of benzene rings is 1. The molecule has 1 aromatic heterocycles. The van der Waals surface area contributed by atoms with Gasteiger partial charge in [0.1, 0.15) is 5.00 Å². The van der Waals surface area contributed by atoms with Crippen LogP contribution in [-0.2, 0) is 0 Å². The fourth-order valence-electron chi connectivity index (χ4n) is 2.50.